The molecule has 1 heterocycles. The van der Waals surface area contributed by atoms with Crippen LogP contribution < -0.4 is 14.4 Å². The second-order valence-electron chi connectivity index (χ2n) is 7.12. The first-order valence-electron chi connectivity index (χ1n) is 9.37. The Labute approximate surface area is 171 Å². The third-order valence-corrected chi connectivity index (χ3v) is 6.49. The molecule has 2 aromatic carbocycles. The van der Waals surface area contributed by atoms with Gasteiger partial charge in [-0.1, -0.05) is 0 Å². The molecule has 0 radical (unpaired) electrons. The van der Waals surface area contributed by atoms with E-state index in [-0.39, 0.29) is 17.4 Å². The Morgan fingerprint density at radius 3 is 2.55 bits per heavy atom. The lowest BCUT2D eigenvalue weighted by Crippen LogP contribution is -2.37. The zero-order valence-electron chi connectivity index (χ0n) is 17.1. The van der Waals surface area contributed by atoms with Crippen molar-refractivity contribution < 1.29 is 22.7 Å². The van der Waals surface area contributed by atoms with Crippen molar-refractivity contribution in [3.8, 4) is 5.75 Å². The van der Waals surface area contributed by atoms with Gasteiger partial charge in [0.1, 0.15) is 17.3 Å². The highest BCUT2D eigenvalue weighted by Gasteiger charge is 2.25. The maximum atomic E-state index is 13.0. The van der Waals surface area contributed by atoms with Gasteiger partial charge < -0.3 is 14.4 Å². The Hall–Kier alpha value is -2.58. The molecular formula is C21H26N2O5S. The molecule has 0 saturated heterocycles. The number of carbonyl (C=O) groups excluding carboxylic acids is 1. The van der Waals surface area contributed by atoms with Crippen LogP contribution in [0.4, 0.5) is 11.4 Å². The van der Waals surface area contributed by atoms with Gasteiger partial charge in [-0.05, 0) is 73.7 Å². The minimum absolute atomic E-state index is 0.0143. The van der Waals surface area contributed by atoms with E-state index in [1.54, 1.807) is 35.2 Å². The summed E-state index contributed by atoms with van der Waals surface area (Å²) in [4.78, 5) is 14.0. The number of nitrogens with zero attached hydrogens (tertiary/aromatic N) is 1. The second kappa shape index (κ2) is 8.42. The van der Waals surface area contributed by atoms with Crippen LogP contribution in [0.15, 0.2) is 35.2 Å². The number of hydrogen-bond donors (Lipinski definition) is 1. The fourth-order valence-corrected chi connectivity index (χ4v) is 4.75. The molecule has 29 heavy (non-hydrogen) atoms. The Balaban J connectivity index is 1.92. The first-order chi connectivity index (χ1) is 13.8. The maximum Gasteiger partial charge on any atom is 0.265 e. The van der Waals surface area contributed by atoms with Crippen LogP contribution in [0.2, 0.25) is 0 Å². The first-order valence-corrected chi connectivity index (χ1v) is 10.9. The average Bonchev–Trinajstić information content (AvgIpc) is 2.68. The smallest absolute Gasteiger partial charge is 0.265 e. The third kappa shape index (κ3) is 4.38. The average molecular weight is 419 g/mol. The minimum Gasteiger partial charge on any atom is -0.495 e. The molecule has 2 aromatic rings. The van der Waals surface area contributed by atoms with E-state index in [0.29, 0.717) is 18.0 Å². The number of rotatable bonds is 6. The van der Waals surface area contributed by atoms with Gasteiger partial charge in [-0.2, -0.15) is 0 Å². The normalized spacial score (nSPS) is 13.7. The lowest BCUT2D eigenvalue weighted by molar-refractivity contribution is -0.122. The summed E-state index contributed by atoms with van der Waals surface area (Å²) in [6.07, 6.45) is 1.58. The van der Waals surface area contributed by atoms with Crippen molar-refractivity contribution in [2.75, 3.05) is 37.0 Å². The first kappa shape index (κ1) is 21.1. The number of anilines is 2. The predicted octanol–water partition coefficient (Wildman–Crippen LogP) is 3.04. The van der Waals surface area contributed by atoms with E-state index in [2.05, 4.69) is 4.72 Å². The molecule has 0 aromatic heterocycles. The topological polar surface area (TPSA) is 84.9 Å². The number of fused-ring (bicyclic) bond motifs is 1. The number of ether oxygens (including phenoxy) is 2. The highest BCUT2D eigenvalue weighted by atomic mass is 32.2. The SMILES string of the molecule is COCC(=O)N1CCCc2cc(NS(=O)(=O)c3cc(C)c(C)cc3OC)ccc21. The number of aryl methyl sites for hydroxylation is 3. The number of benzene rings is 2. The van der Waals surface area contributed by atoms with Gasteiger partial charge in [0.25, 0.3) is 15.9 Å². The van der Waals surface area contributed by atoms with Gasteiger partial charge in [0.15, 0.2) is 0 Å². The van der Waals surface area contributed by atoms with Gasteiger partial charge in [0.2, 0.25) is 0 Å². The van der Waals surface area contributed by atoms with Crippen LogP contribution in [-0.2, 0) is 26.0 Å². The molecule has 7 nitrogen and oxygen atoms in total. The molecule has 0 saturated carbocycles. The van der Waals surface area contributed by atoms with Crippen LogP contribution in [-0.4, -0.2) is 41.7 Å². The van der Waals surface area contributed by atoms with Crippen molar-refractivity contribution >= 4 is 27.3 Å². The largest absolute Gasteiger partial charge is 0.495 e. The highest BCUT2D eigenvalue weighted by molar-refractivity contribution is 7.92. The monoisotopic (exact) mass is 418 g/mol. The maximum absolute atomic E-state index is 13.0. The molecule has 8 heteroatoms. The zero-order valence-corrected chi connectivity index (χ0v) is 17.9. The Kier molecular flexibility index (Phi) is 6.14. The quantitative estimate of drug-likeness (QED) is 0.779. The zero-order chi connectivity index (χ0) is 21.2. The molecule has 1 N–H and O–H groups in total. The fraction of sp³-hybridized carbons (Fsp3) is 0.381. The molecule has 0 atom stereocenters. The van der Waals surface area contributed by atoms with Crippen molar-refractivity contribution in [1.29, 1.82) is 0 Å². The van der Waals surface area contributed by atoms with Crippen LogP contribution in [0.25, 0.3) is 0 Å². The highest BCUT2D eigenvalue weighted by Crippen LogP contribution is 2.32. The van der Waals surface area contributed by atoms with Crippen LogP contribution >= 0.6 is 0 Å². The lowest BCUT2D eigenvalue weighted by Gasteiger charge is -2.29. The molecule has 0 bridgehead atoms. The van der Waals surface area contributed by atoms with Crippen LogP contribution in [0.5, 0.6) is 5.75 Å². The van der Waals surface area contributed by atoms with Gasteiger partial charge in [0, 0.05) is 25.0 Å². The summed E-state index contributed by atoms with van der Waals surface area (Å²) in [5.41, 5.74) is 3.99. The summed E-state index contributed by atoms with van der Waals surface area (Å²) < 4.78 is 38.9. The molecule has 0 unspecified atom stereocenters. The van der Waals surface area contributed by atoms with Gasteiger partial charge in [0.05, 0.1) is 7.11 Å². The standard InChI is InChI=1S/C21H26N2O5S/c1-14-10-19(28-4)20(11-15(14)2)29(25,26)22-17-7-8-18-16(12-17)6-5-9-23(18)21(24)13-27-3/h7-8,10-12,22H,5-6,9,13H2,1-4H3. The summed E-state index contributed by atoms with van der Waals surface area (Å²) >= 11 is 0. The Bertz CT molecular complexity index is 1030. The number of methoxy groups -OCH3 is 2. The van der Waals surface area contributed by atoms with Gasteiger partial charge in [-0.3, -0.25) is 9.52 Å². The molecule has 0 fully saturated rings. The summed E-state index contributed by atoms with van der Waals surface area (Å²) in [5, 5.41) is 0. The van der Waals surface area contributed by atoms with E-state index in [1.807, 2.05) is 13.8 Å². The molecule has 1 aliphatic rings. The molecule has 156 valence electrons. The van der Waals surface area contributed by atoms with E-state index in [0.717, 1.165) is 35.2 Å². The molecule has 1 amide bonds. The fourth-order valence-electron chi connectivity index (χ4n) is 3.46. The number of hydrogen-bond acceptors (Lipinski definition) is 5. The summed E-state index contributed by atoms with van der Waals surface area (Å²) in [5.74, 6) is 0.191. The minimum atomic E-state index is -3.84. The second-order valence-corrected chi connectivity index (χ2v) is 8.77. The summed E-state index contributed by atoms with van der Waals surface area (Å²) in [6, 6.07) is 8.56. The van der Waals surface area contributed by atoms with E-state index >= 15 is 0 Å². The summed E-state index contributed by atoms with van der Waals surface area (Å²) in [7, 11) is -0.896. The van der Waals surface area contributed by atoms with E-state index in [9.17, 15) is 13.2 Å². The lowest BCUT2D eigenvalue weighted by atomic mass is 10.0. The molecule has 0 spiro atoms. The van der Waals surface area contributed by atoms with Gasteiger partial charge >= 0.3 is 0 Å². The molecule has 3 rings (SSSR count). The van der Waals surface area contributed by atoms with Gasteiger partial charge in [-0.25, -0.2) is 8.42 Å². The van der Waals surface area contributed by atoms with Crippen LogP contribution in [0, 0.1) is 13.8 Å². The van der Waals surface area contributed by atoms with Crippen molar-refractivity contribution in [2.24, 2.45) is 0 Å². The third-order valence-electron chi connectivity index (χ3n) is 5.09. The molecular weight excluding hydrogens is 392 g/mol. The molecule has 0 aliphatic carbocycles. The van der Waals surface area contributed by atoms with Crippen LogP contribution in [0.1, 0.15) is 23.1 Å². The number of nitrogens with one attached hydrogen (secondary N) is 1. The van der Waals surface area contributed by atoms with E-state index < -0.39 is 10.0 Å². The van der Waals surface area contributed by atoms with E-state index in [1.165, 1.54) is 14.2 Å². The number of sulfonamides is 1. The number of carbonyl (C=O) groups is 1. The van der Waals surface area contributed by atoms with E-state index in [4.69, 9.17) is 9.47 Å². The Morgan fingerprint density at radius 1 is 1.14 bits per heavy atom. The number of amides is 1. The van der Waals surface area contributed by atoms with Crippen molar-refractivity contribution in [1.82, 2.24) is 0 Å². The molecule has 1 aliphatic heterocycles. The van der Waals surface area contributed by atoms with Crippen LogP contribution in [0.3, 0.4) is 0 Å². The van der Waals surface area contributed by atoms with Gasteiger partial charge in [-0.15, -0.1) is 0 Å². The van der Waals surface area contributed by atoms with Crippen molar-refractivity contribution in [3.63, 3.8) is 0 Å². The van der Waals surface area contributed by atoms with Crippen molar-refractivity contribution in [2.45, 2.75) is 31.6 Å². The Morgan fingerprint density at radius 2 is 1.86 bits per heavy atom. The summed E-state index contributed by atoms with van der Waals surface area (Å²) in [6.45, 7) is 4.40. The predicted molar refractivity (Wildman–Crippen MR) is 112 cm³/mol. The van der Waals surface area contributed by atoms with Crippen molar-refractivity contribution in [3.05, 3.63) is 47.0 Å².